The number of nitrogens with zero attached hydrogens (tertiary/aromatic N) is 2. The Bertz CT molecular complexity index is 696. The summed E-state index contributed by atoms with van der Waals surface area (Å²) in [4.78, 5) is 9.46. The average Bonchev–Trinajstić information content (AvgIpc) is 2.70. The number of benzene rings is 1. The fourth-order valence-corrected chi connectivity index (χ4v) is 4.26. The summed E-state index contributed by atoms with van der Waals surface area (Å²) in [5.41, 5.74) is 3.66. The highest BCUT2D eigenvalue weighted by Crippen LogP contribution is 2.29. The van der Waals surface area contributed by atoms with Crippen LogP contribution in [0.15, 0.2) is 30.5 Å². The van der Waals surface area contributed by atoms with Crippen LogP contribution in [-0.2, 0) is 12.8 Å². The molecule has 2 aromatic rings. The normalized spacial score (nSPS) is 16.3. The highest BCUT2D eigenvalue weighted by molar-refractivity contribution is 6.30. The van der Waals surface area contributed by atoms with Gasteiger partial charge in [-0.2, -0.15) is 0 Å². The van der Waals surface area contributed by atoms with Crippen molar-refractivity contribution in [3.8, 4) is 11.4 Å². The van der Waals surface area contributed by atoms with E-state index in [-0.39, 0.29) is 0 Å². The third kappa shape index (κ3) is 6.31. The summed E-state index contributed by atoms with van der Waals surface area (Å²) in [6, 6.07) is 7.80. The first-order chi connectivity index (χ1) is 13.3. The van der Waals surface area contributed by atoms with E-state index in [0.29, 0.717) is 0 Å². The smallest absolute Gasteiger partial charge is 0.159 e. The largest absolute Gasteiger partial charge is 0.236 e. The van der Waals surface area contributed by atoms with Crippen LogP contribution in [0.1, 0.15) is 82.4 Å². The van der Waals surface area contributed by atoms with Crippen molar-refractivity contribution in [2.24, 2.45) is 5.92 Å². The van der Waals surface area contributed by atoms with E-state index in [1.807, 2.05) is 24.3 Å². The first kappa shape index (κ1) is 20.3. The van der Waals surface area contributed by atoms with Gasteiger partial charge in [0, 0.05) is 22.5 Å². The predicted molar refractivity (Wildman–Crippen MR) is 115 cm³/mol. The van der Waals surface area contributed by atoms with Gasteiger partial charge < -0.3 is 0 Å². The Kier molecular flexibility index (Phi) is 8.13. The minimum absolute atomic E-state index is 0.750. The predicted octanol–water partition coefficient (Wildman–Crippen LogP) is 7.43. The first-order valence-electron chi connectivity index (χ1n) is 10.9. The van der Waals surface area contributed by atoms with Gasteiger partial charge in [-0.15, -0.1) is 0 Å². The van der Waals surface area contributed by atoms with Crippen molar-refractivity contribution in [2.75, 3.05) is 0 Å². The van der Waals surface area contributed by atoms with Crippen LogP contribution in [0.25, 0.3) is 11.4 Å². The highest BCUT2D eigenvalue weighted by atomic mass is 35.5. The Morgan fingerprint density at radius 1 is 0.963 bits per heavy atom. The molecule has 0 fully saturated rings. The van der Waals surface area contributed by atoms with E-state index in [0.717, 1.165) is 35.2 Å². The van der Waals surface area contributed by atoms with Crippen LogP contribution in [0.3, 0.4) is 0 Å². The Morgan fingerprint density at radius 3 is 2.41 bits per heavy atom. The Morgan fingerprint density at radius 2 is 1.67 bits per heavy atom. The number of aryl methyl sites for hydroxylation is 1. The number of aromatic nitrogens is 2. The fraction of sp³-hybridized carbons (Fsp3) is 0.583. The fourth-order valence-electron chi connectivity index (χ4n) is 4.13. The second-order valence-corrected chi connectivity index (χ2v) is 8.48. The summed E-state index contributed by atoms with van der Waals surface area (Å²) in [7, 11) is 0. The van der Waals surface area contributed by atoms with Crippen molar-refractivity contribution in [1.82, 2.24) is 9.97 Å². The standard InChI is InChI=1S/C24H33ClN2/c1-2-3-4-5-6-7-8-9-10-19-11-16-23-21(17-19)18-26-24(27-23)20-12-14-22(25)15-13-20/h12-15,18-19H,2-11,16-17H2,1H3. The Labute approximate surface area is 169 Å². The van der Waals surface area contributed by atoms with E-state index in [9.17, 15) is 0 Å². The van der Waals surface area contributed by atoms with Gasteiger partial charge in [0.15, 0.2) is 5.82 Å². The summed E-state index contributed by atoms with van der Waals surface area (Å²) in [5.74, 6) is 1.65. The van der Waals surface area contributed by atoms with Gasteiger partial charge in [0.25, 0.3) is 0 Å². The average molecular weight is 385 g/mol. The summed E-state index contributed by atoms with van der Waals surface area (Å²) < 4.78 is 0. The van der Waals surface area contributed by atoms with Crippen LogP contribution < -0.4 is 0 Å². The summed E-state index contributed by atoms with van der Waals surface area (Å²) in [6.45, 7) is 2.28. The van der Waals surface area contributed by atoms with Crippen molar-refractivity contribution in [1.29, 1.82) is 0 Å². The van der Waals surface area contributed by atoms with Crippen LogP contribution in [0.4, 0.5) is 0 Å². The lowest BCUT2D eigenvalue weighted by Crippen LogP contribution is -2.16. The van der Waals surface area contributed by atoms with Crippen LogP contribution in [0.2, 0.25) is 5.02 Å². The molecule has 2 nitrogen and oxygen atoms in total. The molecule has 1 atom stereocenters. The van der Waals surface area contributed by atoms with Crippen LogP contribution in [0, 0.1) is 5.92 Å². The van der Waals surface area contributed by atoms with Gasteiger partial charge >= 0.3 is 0 Å². The van der Waals surface area contributed by atoms with E-state index in [1.54, 1.807) is 0 Å². The molecule has 1 heterocycles. The maximum Gasteiger partial charge on any atom is 0.159 e. The molecule has 3 heteroatoms. The van der Waals surface area contributed by atoms with Crippen LogP contribution >= 0.6 is 11.6 Å². The van der Waals surface area contributed by atoms with Crippen molar-refractivity contribution >= 4 is 11.6 Å². The van der Waals surface area contributed by atoms with Gasteiger partial charge in [-0.3, -0.25) is 0 Å². The Hall–Kier alpha value is -1.41. The SMILES string of the molecule is CCCCCCCCCCC1CCc2nc(-c3ccc(Cl)cc3)ncc2C1. The van der Waals surface area contributed by atoms with Gasteiger partial charge in [-0.25, -0.2) is 9.97 Å². The van der Waals surface area contributed by atoms with E-state index in [1.165, 1.54) is 75.5 Å². The molecule has 1 aliphatic carbocycles. The first-order valence-corrected chi connectivity index (χ1v) is 11.2. The van der Waals surface area contributed by atoms with E-state index >= 15 is 0 Å². The number of fused-ring (bicyclic) bond motifs is 1. The molecule has 3 rings (SSSR count). The van der Waals surface area contributed by atoms with Gasteiger partial charge in [-0.1, -0.05) is 76.3 Å². The maximum absolute atomic E-state index is 5.98. The molecular weight excluding hydrogens is 352 g/mol. The molecule has 0 N–H and O–H groups in total. The van der Waals surface area contributed by atoms with E-state index in [2.05, 4.69) is 18.1 Å². The molecule has 1 aromatic carbocycles. The topological polar surface area (TPSA) is 25.8 Å². The number of hydrogen-bond donors (Lipinski definition) is 0. The molecule has 1 aromatic heterocycles. The minimum atomic E-state index is 0.750. The van der Waals surface area contributed by atoms with E-state index < -0.39 is 0 Å². The zero-order chi connectivity index (χ0) is 18.9. The second-order valence-electron chi connectivity index (χ2n) is 8.04. The van der Waals surface area contributed by atoms with Crippen LogP contribution in [0.5, 0.6) is 0 Å². The zero-order valence-electron chi connectivity index (χ0n) is 16.7. The summed E-state index contributed by atoms with van der Waals surface area (Å²) in [6.07, 6.45) is 18.2. The van der Waals surface area contributed by atoms with Gasteiger partial charge in [0.05, 0.1) is 0 Å². The lowest BCUT2D eigenvalue weighted by Gasteiger charge is -2.24. The molecule has 0 aliphatic heterocycles. The molecule has 1 unspecified atom stereocenters. The monoisotopic (exact) mass is 384 g/mol. The van der Waals surface area contributed by atoms with Crippen molar-refractivity contribution in [3.05, 3.63) is 46.7 Å². The lowest BCUT2D eigenvalue weighted by atomic mass is 9.84. The van der Waals surface area contributed by atoms with E-state index in [4.69, 9.17) is 16.6 Å². The highest BCUT2D eigenvalue weighted by Gasteiger charge is 2.20. The van der Waals surface area contributed by atoms with Gasteiger partial charge in [-0.05, 0) is 55.0 Å². The van der Waals surface area contributed by atoms with Crippen LogP contribution in [-0.4, -0.2) is 9.97 Å². The maximum atomic E-state index is 5.98. The molecule has 0 saturated carbocycles. The molecule has 0 spiro atoms. The van der Waals surface area contributed by atoms with Gasteiger partial charge in [0.1, 0.15) is 0 Å². The third-order valence-electron chi connectivity index (χ3n) is 5.82. The van der Waals surface area contributed by atoms with Crippen molar-refractivity contribution in [3.63, 3.8) is 0 Å². The number of hydrogen-bond acceptors (Lipinski definition) is 2. The molecule has 146 valence electrons. The quantitative estimate of drug-likeness (QED) is 0.398. The lowest BCUT2D eigenvalue weighted by molar-refractivity contribution is 0.399. The minimum Gasteiger partial charge on any atom is -0.236 e. The molecule has 0 radical (unpaired) electrons. The Balaban J connectivity index is 1.43. The molecule has 0 saturated heterocycles. The number of unbranched alkanes of at least 4 members (excludes halogenated alkanes) is 7. The second kappa shape index (κ2) is 10.8. The third-order valence-corrected chi connectivity index (χ3v) is 6.07. The van der Waals surface area contributed by atoms with Gasteiger partial charge in [0.2, 0.25) is 0 Å². The molecule has 0 amide bonds. The summed E-state index contributed by atoms with van der Waals surface area (Å²) in [5, 5.41) is 0.750. The number of rotatable bonds is 10. The molecule has 27 heavy (non-hydrogen) atoms. The molecular formula is C24H33ClN2. The molecule has 0 bridgehead atoms. The number of halogens is 1. The zero-order valence-corrected chi connectivity index (χ0v) is 17.5. The summed E-state index contributed by atoms with van der Waals surface area (Å²) >= 11 is 5.98. The van der Waals surface area contributed by atoms with Crippen molar-refractivity contribution < 1.29 is 0 Å². The molecule has 1 aliphatic rings. The van der Waals surface area contributed by atoms with Crippen molar-refractivity contribution in [2.45, 2.75) is 84.0 Å².